The number of carboxylic acids is 1. The first-order valence-electron chi connectivity index (χ1n) is 5.66. The van der Waals surface area contributed by atoms with Crippen LogP contribution in [0.4, 0.5) is 5.88 Å². The average Bonchev–Trinajstić information content (AvgIpc) is 2.84. The minimum atomic E-state index is -1.03. The Bertz CT molecular complexity index is 377. The molecule has 0 radical (unpaired) electrons. The maximum atomic E-state index is 10.6. The molecule has 4 heteroatoms. The van der Waals surface area contributed by atoms with E-state index in [1.165, 1.54) is 31.7 Å². The number of hydrogen-bond acceptors (Lipinski definition) is 3. The van der Waals surface area contributed by atoms with Crippen molar-refractivity contribution < 1.29 is 14.3 Å². The lowest BCUT2D eigenvalue weighted by Gasteiger charge is -2.23. The molecule has 0 aromatic carbocycles. The third-order valence-electron chi connectivity index (χ3n) is 3.32. The highest BCUT2D eigenvalue weighted by Gasteiger charge is 2.28. The van der Waals surface area contributed by atoms with Crippen molar-refractivity contribution in [3.63, 3.8) is 0 Å². The number of rotatable bonds is 4. The van der Waals surface area contributed by atoms with Crippen molar-refractivity contribution in [2.45, 2.75) is 32.6 Å². The third-order valence-corrected chi connectivity index (χ3v) is 3.32. The van der Waals surface area contributed by atoms with Crippen LogP contribution >= 0.6 is 0 Å². The van der Waals surface area contributed by atoms with E-state index in [2.05, 4.69) is 12.2 Å². The van der Waals surface area contributed by atoms with Crippen LogP contribution in [0.3, 0.4) is 0 Å². The largest absolute Gasteiger partial charge is 0.475 e. The minimum absolute atomic E-state index is 0.0147. The highest BCUT2D eigenvalue weighted by atomic mass is 16.4. The smallest absolute Gasteiger partial charge is 0.371 e. The van der Waals surface area contributed by atoms with Crippen LogP contribution in [-0.2, 0) is 0 Å². The lowest BCUT2D eigenvalue weighted by Crippen LogP contribution is -2.22. The summed E-state index contributed by atoms with van der Waals surface area (Å²) >= 11 is 0. The van der Waals surface area contributed by atoms with E-state index in [0.717, 1.165) is 6.54 Å². The predicted octanol–water partition coefficient (Wildman–Crippen LogP) is 2.97. The summed E-state index contributed by atoms with van der Waals surface area (Å²) in [6, 6.07) is 3.14. The van der Waals surface area contributed by atoms with E-state index in [0.29, 0.717) is 11.3 Å². The van der Waals surface area contributed by atoms with E-state index in [1.54, 1.807) is 6.07 Å². The van der Waals surface area contributed by atoms with E-state index in [4.69, 9.17) is 9.52 Å². The molecule has 1 saturated carbocycles. The Morgan fingerprint density at radius 1 is 1.50 bits per heavy atom. The fraction of sp³-hybridized carbons (Fsp3) is 0.583. The Morgan fingerprint density at radius 2 is 2.19 bits per heavy atom. The molecule has 0 atom stereocenters. The Balaban J connectivity index is 1.91. The molecule has 1 aromatic heterocycles. The van der Waals surface area contributed by atoms with E-state index < -0.39 is 5.97 Å². The molecular weight excluding hydrogens is 206 g/mol. The van der Waals surface area contributed by atoms with Gasteiger partial charge in [0.15, 0.2) is 5.88 Å². The zero-order valence-corrected chi connectivity index (χ0v) is 9.45. The van der Waals surface area contributed by atoms with Gasteiger partial charge in [-0.2, -0.15) is 0 Å². The van der Waals surface area contributed by atoms with Crippen molar-refractivity contribution in [3.05, 3.63) is 17.9 Å². The first kappa shape index (κ1) is 11.0. The van der Waals surface area contributed by atoms with Crippen LogP contribution in [0.5, 0.6) is 0 Å². The molecule has 1 aliphatic carbocycles. The highest BCUT2D eigenvalue weighted by molar-refractivity contribution is 5.84. The van der Waals surface area contributed by atoms with Gasteiger partial charge in [0.25, 0.3) is 0 Å². The summed E-state index contributed by atoms with van der Waals surface area (Å²) in [6.07, 6.45) is 5.03. The minimum Gasteiger partial charge on any atom is -0.475 e. The third kappa shape index (κ3) is 2.38. The molecule has 0 saturated heterocycles. The van der Waals surface area contributed by atoms with Crippen LogP contribution in [0.15, 0.2) is 16.5 Å². The Morgan fingerprint density at radius 3 is 2.75 bits per heavy atom. The summed E-state index contributed by atoms with van der Waals surface area (Å²) in [7, 11) is 0. The van der Waals surface area contributed by atoms with E-state index in [-0.39, 0.29) is 5.76 Å². The fourth-order valence-corrected chi connectivity index (χ4v) is 2.25. The first-order valence-corrected chi connectivity index (χ1v) is 5.66. The number of carbonyl (C=O) groups is 1. The van der Waals surface area contributed by atoms with Gasteiger partial charge in [-0.25, -0.2) is 4.79 Å². The molecule has 0 amide bonds. The summed E-state index contributed by atoms with van der Waals surface area (Å²) in [5.41, 5.74) is 0.330. The Kier molecular flexibility index (Phi) is 2.90. The van der Waals surface area contributed by atoms with Gasteiger partial charge in [-0.05, 0) is 24.3 Å². The van der Waals surface area contributed by atoms with E-state index in [1.807, 2.05) is 0 Å². The molecule has 1 aromatic rings. The van der Waals surface area contributed by atoms with Gasteiger partial charge in [0.2, 0.25) is 5.76 Å². The normalized spacial score (nSPS) is 18.6. The first-order chi connectivity index (χ1) is 7.59. The van der Waals surface area contributed by atoms with Gasteiger partial charge < -0.3 is 14.8 Å². The van der Waals surface area contributed by atoms with Crippen LogP contribution in [0, 0.1) is 5.41 Å². The predicted molar refractivity (Wildman–Crippen MR) is 60.7 cm³/mol. The quantitative estimate of drug-likeness (QED) is 0.823. The van der Waals surface area contributed by atoms with E-state index in [9.17, 15) is 4.79 Å². The van der Waals surface area contributed by atoms with Gasteiger partial charge >= 0.3 is 5.97 Å². The monoisotopic (exact) mass is 223 g/mol. The van der Waals surface area contributed by atoms with Gasteiger partial charge in [-0.1, -0.05) is 19.8 Å². The van der Waals surface area contributed by atoms with Gasteiger partial charge in [0.1, 0.15) is 0 Å². The molecular formula is C12H17NO3. The molecule has 2 N–H and O–H groups in total. The summed E-state index contributed by atoms with van der Waals surface area (Å²) in [4.78, 5) is 10.6. The fourth-order valence-electron chi connectivity index (χ4n) is 2.25. The maximum Gasteiger partial charge on any atom is 0.371 e. The lowest BCUT2D eigenvalue weighted by atomic mass is 9.89. The van der Waals surface area contributed by atoms with Crippen molar-refractivity contribution in [3.8, 4) is 0 Å². The van der Waals surface area contributed by atoms with Gasteiger partial charge in [0.05, 0.1) is 0 Å². The lowest BCUT2D eigenvalue weighted by molar-refractivity contribution is 0.0663. The van der Waals surface area contributed by atoms with Crippen LogP contribution in [0.25, 0.3) is 0 Å². The maximum absolute atomic E-state index is 10.6. The van der Waals surface area contributed by atoms with Gasteiger partial charge in [-0.15, -0.1) is 0 Å². The summed E-state index contributed by atoms with van der Waals surface area (Å²) in [5.74, 6) is -0.496. The molecule has 0 aliphatic heterocycles. The molecule has 1 fully saturated rings. The second-order valence-electron chi connectivity index (χ2n) is 4.84. The van der Waals surface area contributed by atoms with Gasteiger partial charge in [-0.3, -0.25) is 0 Å². The topological polar surface area (TPSA) is 62.5 Å². The molecule has 16 heavy (non-hydrogen) atoms. The van der Waals surface area contributed by atoms with Crippen LogP contribution in [0.1, 0.15) is 43.2 Å². The standard InChI is InChI=1S/C12H17NO3/c1-12(6-2-3-7-12)8-13-10-5-4-9(16-10)11(14)15/h4-5,13H,2-3,6-8H2,1H3,(H,14,15). The number of hydrogen-bond donors (Lipinski definition) is 2. The SMILES string of the molecule is CC1(CNc2ccc(C(=O)O)o2)CCCC1. The van der Waals surface area contributed by atoms with Crippen molar-refractivity contribution in [1.82, 2.24) is 0 Å². The van der Waals surface area contributed by atoms with Crippen molar-refractivity contribution >= 4 is 11.9 Å². The second kappa shape index (κ2) is 4.20. The number of nitrogens with one attached hydrogen (secondary N) is 1. The zero-order valence-electron chi connectivity index (χ0n) is 9.45. The molecule has 1 heterocycles. The molecule has 0 unspecified atom stereocenters. The van der Waals surface area contributed by atoms with Crippen LogP contribution < -0.4 is 5.32 Å². The summed E-state index contributed by atoms with van der Waals surface area (Å²) in [6.45, 7) is 3.10. The highest BCUT2D eigenvalue weighted by Crippen LogP contribution is 2.37. The number of furan rings is 1. The van der Waals surface area contributed by atoms with Crippen molar-refractivity contribution in [2.75, 3.05) is 11.9 Å². The molecule has 0 bridgehead atoms. The molecule has 1 aliphatic rings. The Labute approximate surface area is 94.6 Å². The molecule has 88 valence electrons. The second-order valence-corrected chi connectivity index (χ2v) is 4.84. The van der Waals surface area contributed by atoms with Crippen LogP contribution in [0.2, 0.25) is 0 Å². The molecule has 2 rings (SSSR count). The van der Waals surface area contributed by atoms with Crippen molar-refractivity contribution in [2.24, 2.45) is 5.41 Å². The van der Waals surface area contributed by atoms with Crippen molar-refractivity contribution in [1.29, 1.82) is 0 Å². The summed E-state index contributed by atoms with van der Waals surface area (Å²) in [5, 5.41) is 11.9. The summed E-state index contributed by atoms with van der Waals surface area (Å²) < 4.78 is 5.14. The zero-order chi connectivity index (χ0) is 11.6. The molecule has 4 nitrogen and oxygen atoms in total. The number of aromatic carboxylic acids is 1. The molecule has 0 spiro atoms. The van der Waals surface area contributed by atoms with E-state index >= 15 is 0 Å². The van der Waals surface area contributed by atoms with Gasteiger partial charge in [0, 0.05) is 12.6 Å². The average molecular weight is 223 g/mol. The number of carboxylic acid groups (broad SMARTS) is 1. The van der Waals surface area contributed by atoms with Crippen LogP contribution in [-0.4, -0.2) is 17.6 Å². The Hall–Kier alpha value is -1.45. The number of anilines is 1.